The maximum Gasteiger partial charge on any atom is 0.230 e. The van der Waals surface area contributed by atoms with E-state index in [1.165, 1.54) is 0 Å². The Bertz CT molecular complexity index is 260. The largest absolute Gasteiger partial charge is 0.341 e. The number of amides is 1. The zero-order valence-corrected chi connectivity index (χ0v) is 12.5. The summed E-state index contributed by atoms with van der Waals surface area (Å²) in [4.78, 5) is 17.0. The summed E-state index contributed by atoms with van der Waals surface area (Å²) in [5.74, 6) is 0.360. The van der Waals surface area contributed by atoms with Gasteiger partial charge in [-0.3, -0.25) is 4.79 Å². The van der Waals surface area contributed by atoms with E-state index in [1.807, 2.05) is 0 Å². The molecule has 0 saturated carbocycles. The second-order valence-electron chi connectivity index (χ2n) is 5.66. The molecule has 1 amide bonds. The number of likely N-dealkylation sites (N-methyl/N-ethyl adjacent to an activating group) is 1. The standard InChI is InChI=1S/C14H29N3O/c1-5-9-17(11-10-16(3)4)13(18)14(6-2)7-8-15-12-14/h15H,5-12H2,1-4H3. The summed E-state index contributed by atoms with van der Waals surface area (Å²) in [7, 11) is 4.11. The molecule has 106 valence electrons. The van der Waals surface area contributed by atoms with Crippen molar-refractivity contribution in [3.8, 4) is 0 Å². The lowest BCUT2D eigenvalue weighted by Crippen LogP contribution is -2.47. The third-order valence-electron chi connectivity index (χ3n) is 3.97. The predicted molar refractivity (Wildman–Crippen MR) is 75.6 cm³/mol. The van der Waals surface area contributed by atoms with Gasteiger partial charge in [-0.25, -0.2) is 0 Å². The summed E-state index contributed by atoms with van der Waals surface area (Å²) < 4.78 is 0. The van der Waals surface area contributed by atoms with E-state index >= 15 is 0 Å². The molecular weight excluding hydrogens is 226 g/mol. The summed E-state index contributed by atoms with van der Waals surface area (Å²) in [5.41, 5.74) is -0.137. The fourth-order valence-electron chi connectivity index (χ4n) is 2.62. The molecular formula is C14H29N3O. The van der Waals surface area contributed by atoms with Gasteiger partial charge in [-0.15, -0.1) is 0 Å². The zero-order valence-electron chi connectivity index (χ0n) is 12.5. The minimum Gasteiger partial charge on any atom is -0.341 e. The summed E-state index contributed by atoms with van der Waals surface area (Å²) in [6.07, 6.45) is 2.97. The number of hydrogen-bond acceptors (Lipinski definition) is 3. The number of nitrogens with zero attached hydrogens (tertiary/aromatic N) is 2. The highest BCUT2D eigenvalue weighted by Crippen LogP contribution is 2.31. The van der Waals surface area contributed by atoms with E-state index in [0.717, 1.165) is 52.0 Å². The van der Waals surface area contributed by atoms with Crippen LogP contribution in [0.1, 0.15) is 33.1 Å². The molecule has 1 fully saturated rings. The van der Waals surface area contributed by atoms with E-state index in [-0.39, 0.29) is 5.41 Å². The van der Waals surface area contributed by atoms with Crippen LogP contribution in [0.2, 0.25) is 0 Å². The van der Waals surface area contributed by atoms with Gasteiger partial charge in [-0.2, -0.15) is 0 Å². The van der Waals surface area contributed by atoms with Crippen molar-refractivity contribution in [1.82, 2.24) is 15.1 Å². The Labute approximate surface area is 112 Å². The van der Waals surface area contributed by atoms with Crippen LogP contribution in [0.3, 0.4) is 0 Å². The van der Waals surface area contributed by atoms with Crippen molar-refractivity contribution in [2.24, 2.45) is 5.41 Å². The van der Waals surface area contributed by atoms with Gasteiger partial charge in [0.15, 0.2) is 0 Å². The highest BCUT2D eigenvalue weighted by molar-refractivity contribution is 5.83. The molecule has 1 rings (SSSR count). The zero-order chi connectivity index (χ0) is 13.6. The Kier molecular flexibility index (Phi) is 6.09. The predicted octanol–water partition coefficient (Wildman–Crippen LogP) is 1.18. The van der Waals surface area contributed by atoms with Crippen LogP contribution < -0.4 is 5.32 Å². The van der Waals surface area contributed by atoms with Crippen LogP contribution in [-0.4, -0.2) is 62.5 Å². The fourth-order valence-corrected chi connectivity index (χ4v) is 2.62. The third kappa shape index (κ3) is 3.69. The van der Waals surface area contributed by atoms with Crippen LogP contribution in [0.5, 0.6) is 0 Å². The molecule has 18 heavy (non-hydrogen) atoms. The SMILES string of the molecule is CCCN(CCN(C)C)C(=O)C1(CC)CCNC1. The molecule has 1 aliphatic rings. The van der Waals surface area contributed by atoms with E-state index in [9.17, 15) is 4.79 Å². The van der Waals surface area contributed by atoms with Gasteiger partial charge in [0.25, 0.3) is 0 Å². The van der Waals surface area contributed by atoms with Crippen LogP contribution in [0, 0.1) is 5.41 Å². The van der Waals surface area contributed by atoms with Gasteiger partial charge in [-0.1, -0.05) is 13.8 Å². The van der Waals surface area contributed by atoms with Gasteiger partial charge in [0, 0.05) is 26.2 Å². The monoisotopic (exact) mass is 255 g/mol. The van der Waals surface area contributed by atoms with Gasteiger partial charge >= 0.3 is 0 Å². The van der Waals surface area contributed by atoms with Gasteiger partial charge < -0.3 is 15.1 Å². The van der Waals surface area contributed by atoms with Crippen molar-refractivity contribution in [3.05, 3.63) is 0 Å². The van der Waals surface area contributed by atoms with Gasteiger partial charge in [0.1, 0.15) is 0 Å². The number of nitrogens with one attached hydrogen (secondary N) is 1. The molecule has 4 heteroatoms. The molecule has 0 bridgehead atoms. The van der Waals surface area contributed by atoms with Crippen molar-refractivity contribution >= 4 is 5.91 Å². The first-order valence-electron chi connectivity index (χ1n) is 7.20. The quantitative estimate of drug-likeness (QED) is 0.742. The molecule has 1 atom stereocenters. The third-order valence-corrected chi connectivity index (χ3v) is 3.97. The number of hydrogen-bond donors (Lipinski definition) is 1. The lowest BCUT2D eigenvalue weighted by atomic mass is 9.82. The van der Waals surface area contributed by atoms with Crippen molar-refractivity contribution in [2.75, 3.05) is 46.8 Å². The topological polar surface area (TPSA) is 35.6 Å². The smallest absolute Gasteiger partial charge is 0.230 e. The second-order valence-corrected chi connectivity index (χ2v) is 5.66. The molecule has 1 N–H and O–H groups in total. The Morgan fingerprint density at radius 1 is 1.22 bits per heavy atom. The Hall–Kier alpha value is -0.610. The molecule has 0 aromatic heterocycles. The number of rotatable bonds is 7. The maximum atomic E-state index is 12.8. The Morgan fingerprint density at radius 3 is 2.39 bits per heavy atom. The molecule has 0 aromatic rings. The highest BCUT2D eigenvalue weighted by Gasteiger charge is 2.41. The van der Waals surface area contributed by atoms with Crippen molar-refractivity contribution < 1.29 is 4.79 Å². The number of carbonyl (C=O) groups excluding carboxylic acids is 1. The fraction of sp³-hybridized carbons (Fsp3) is 0.929. The molecule has 4 nitrogen and oxygen atoms in total. The minimum absolute atomic E-state index is 0.137. The summed E-state index contributed by atoms with van der Waals surface area (Å²) >= 11 is 0. The summed E-state index contributed by atoms with van der Waals surface area (Å²) in [6, 6.07) is 0. The number of carbonyl (C=O) groups is 1. The summed E-state index contributed by atoms with van der Waals surface area (Å²) in [5, 5.41) is 3.35. The lowest BCUT2D eigenvalue weighted by molar-refractivity contribution is -0.141. The van der Waals surface area contributed by atoms with E-state index in [1.54, 1.807) is 0 Å². The first-order chi connectivity index (χ1) is 8.55. The first kappa shape index (κ1) is 15.4. The maximum absolute atomic E-state index is 12.8. The Morgan fingerprint density at radius 2 is 1.94 bits per heavy atom. The van der Waals surface area contributed by atoms with E-state index in [4.69, 9.17) is 0 Å². The molecule has 0 aliphatic carbocycles. The minimum atomic E-state index is -0.137. The molecule has 1 heterocycles. The van der Waals surface area contributed by atoms with Crippen LogP contribution in [-0.2, 0) is 4.79 Å². The van der Waals surface area contributed by atoms with Crippen molar-refractivity contribution in [3.63, 3.8) is 0 Å². The van der Waals surface area contributed by atoms with Crippen LogP contribution in [0.15, 0.2) is 0 Å². The molecule has 1 unspecified atom stereocenters. The van der Waals surface area contributed by atoms with Crippen LogP contribution >= 0.6 is 0 Å². The van der Waals surface area contributed by atoms with Gasteiger partial charge in [0.2, 0.25) is 5.91 Å². The molecule has 0 spiro atoms. The average Bonchev–Trinajstić information content (AvgIpc) is 2.83. The van der Waals surface area contributed by atoms with E-state index in [2.05, 4.69) is 43.1 Å². The van der Waals surface area contributed by atoms with Crippen molar-refractivity contribution in [1.29, 1.82) is 0 Å². The Balaban J connectivity index is 2.68. The molecule has 0 aromatic carbocycles. The van der Waals surface area contributed by atoms with Crippen LogP contribution in [0.25, 0.3) is 0 Å². The normalized spacial score (nSPS) is 23.6. The van der Waals surface area contributed by atoms with Gasteiger partial charge in [-0.05, 0) is 39.9 Å². The van der Waals surface area contributed by atoms with Gasteiger partial charge in [0.05, 0.1) is 5.41 Å². The average molecular weight is 255 g/mol. The van der Waals surface area contributed by atoms with Crippen LogP contribution in [0.4, 0.5) is 0 Å². The summed E-state index contributed by atoms with van der Waals surface area (Å²) in [6.45, 7) is 8.79. The van der Waals surface area contributed by atoms with E-state index in [0.29, 0.717) is 5.91 Å². The highest BCUT2D eigenvalue weighted by atomic mass is 16.2. The first-order valence-corrected chi connectivity index (χ1v) is 7.20. The van der Waals surface area contributed by atoms with Crippen molar-refractivity contribution in [2.45, 2.75) is 33.1 Å². The molecule has 1 aliphatic heterocycles. The molecule has 1 saturated heterocycles. The van der Waals surface area contributed by atoms with E-state index < -0.39 is 0 Å². The molecule has 0 radical (unpaired) electrons. The second kappa shape index (κ2) is 7.10. The lowest BCUT2D eigenvalue weighted by Gasteiger charge is -2.33.